The van der Waals surface area contributed by atoms with Crippen molar-refractivity contribution in [3.05, 3.63) is 47.5 Å². The van der Waals surface area contributed by atoms with Crippen LogP contribution in [0.4, 0.5) is 5.69 Å². The van der Waals surface area contributed by atoms with Crippen LogP contribution in [0.1, 0.15) is 24.8 Å². The molecule has 1 spiro atoms. The highest BCUT2D eigenvalue weighted by Gasteiger charge is 2.42. The molecule has 0 aromatic heterocycles. The van der Waals surface area contributed by atoms with E-state index >= 15 is 0 Å². The summed E-state index contributed by atoms with van der Waals surface area (Å²) in [6.07, 6.45) is 3.51. The molecule has 3 N–H and O–H groups in total. The molecule has 0 bridgehead atoms. The highest BCUT2D eigenvalue weighted by Crippen LogP contribution is 2.47. The number of benzene rings is 2. The lowest BCUT2D eigenvalue weighted by molar-refractivity contribution is 0.371. The van der Waals surface area contributed by atoms with E-state index in [1.54, 1.807) is 11.1 Å². The fraction of sp³-hybridized carbons (Fsp3) is 0.400. The van der Waals surface area contributed by atoms with E-state index in [9.17, 15) is 0 Å². The van der Waals surface area contributed by atoms with Crippen LogP contribution in [0.25, 0.3) is 16.3 Å². The number of fused-ring (bicyclic) bond motifs is 5. The molecular weight excluding hydrogens is 282 g/mol. The topological polar surface area (TPSA) is 36.1 Å². The molecule has 1 saturated heterocycles. The first-order valence-electron chi connectivity index (χ1n) is 8.82. The van der Waals surface area contributed by atoms with Gasteiger partial charge in [0.1, 0.15) is 0 Å². The zero-order valence-electron chi connectivity index (χ0n) is 13.4. The predicted molar refractivity (Wildman–Crippen MR) is 96.8 cm³/mol. The summed E-state index contributed by atoms with van der Waals surface area (Å²) in [6, 6.07) is 13.4. The molecule has 3 nitrogen and oxygen atoms in total. The van der Waals surface area contributed by atoms with Crippen molar-refractivity contribution in [3.8, 4) is 0 Å². The van der Waals surface area contributed by atoms with Crippen LogP contribution in [0.15, 0.2) is 42.0 Å². The molecule has 3 aliphatic rings. The molecule has 2 aromatic carbocycles. The van der Waals surface area contributed by atoms with Crippen LogP contribution >= 0.6 is 0 Å². The molecule has 0 amide bonds. The Balaban J connectivity index is 1.78. The summed E-state index contributed by atoms with van der Waals surface area (Å²) < 4.78 is 0. The Hall–Kier alpha value is -1.84. The fourth-order valence-corrected chi connectivity index (χ4v) is 4.73. The van der Waals surface area contributed by atoms with Gasteiger partial charge in [-0.25, -0.2) is 0 Å². The average Bonchev–Trinajstić information content (AvgIpc) is 2.62. The third kappa shape index (κ3) is 1.97. The molecule has 0 aliphatic carbocycles. The maximum absolute atomic E-state index is 3.97. The van der Waals surface area contributed by atoms with Gasteiger partial charge in [0.15, 0.2) is 0 Å². The molecule has 0 radical (unpaired) electrons. The average molecular weight is 305 g/mol. The van der Waals surface area contributed by atoms with Gasteiger partial charge < -0.3 is 16.0 Å². The molecule has 3 heterocycles. The maximum Gasteiger partial charge on any atom is 0.0628 e. The van der Waals surface area contributed by atoms with E-state index in [4.69, 9.17) is 0 Å². The van der Waals surface area contributed by atoms with Crippen LogP contribution in [0.5, 0.6) is 0 Å². The first kappa shape index (κ1) is 13.6. The van der Waals surface area contributed by atoms with Crippen LogP contribution < -0.4 is 16.0 Å². The van der Waals surface area contributed by atoms with Crippen molar-refractivity contribution in [2.24, 2.45) is 0 Å². The van der Waals surface area contributed by atoms with Gasteiger partial charge in [-0.1, -0.05) is 30.3 Å². The van der Waals surface area contributed by atoms with Crippen LogP contribution in [-0.2, 0) is 0 Å². The quantitative estimate of drug-likeness (QED) is 0.700. The Bertz CT molecular complexity index is 800. The zero-order chi connectivity index (χ0) is 15.3. The smallest absolute Gasteiger partial charge is 0.0628 e. The zero-order valence-corrected chi connectivity index (χ0v) is 13.4. The number of nitrogens with one attached hydrogen (secondary N) is 3. The van der Waals surface area contributed by atoms with Crippen LogP contribution in [0, 0.1) is 0 Å². The van der Waals surface area contributed by atoms with E-state index in [-0.39, 0.29) is 5.54 Å². The lowest BCUT2D eigenvalue weighted by Gasteiger charge is -2.47. The molecule has 118 valence electrons. The monoisotopic (exact) mass is 305 g/mol. The van der Waals surface area contributed by atoms with Crippen molar-refractivity contribution in [3.63, 3.8) is 0 Å². The molecule has 0 unspecified atom stereocenters. The van der Waals surface area contributed by atoms with E-state index in [1.807, 2.05) is 0 Å². The highest BCUT2D eigenvalue weighted by atomic mass is 15.1. The lowest BCUT2D eigenvalue weighted by Crippen LogP contribution is -2.53. The highest BCUT2D eigenvalue weighted by molar-refractivity contribution is 6.02. The Morgan fingerprint density at radius 3 is 2.65 bits per heavy atom. The maximum atomic E-state index is 3.97. The first-order chi connectivity index (χ1) is 11.4. The second-order valence-electron chi connectivity index (χ2n) is 7.05. The van der Waals surface area contributed by atoms with E-state index in [1.165, 1.54) is 34.9 Å². The molecule has 2 aromatic rings. The number of rotatable bonds is 0. The molecule has 23 heavy (non-hydrogen) atoms. The van der Waals surface area contributed by atoms with Gasteiger partial charge >= 0.3 is 0 Å². The van der Waals surface area contributed by atoms with E-state index in [2.05, 4.69) is 52.3 Å². The normalized spacial score (nSPS) is 22.6. The Morgan fingerprint density at radius 1 is 0.870 bits per heavy atom. The second kappa shape index (κ2) is 5.08. The number of hydrogen-bond acceptors (Lipinski definition) is 3. The molecule has 5 rings (SSSR count). The van der Waals surface area contributed by atoms with E-state index < -0.39 is 0 Å². The van der Waals surface area contributed by atoms with Crippen molar-refractivity contribution in [1.29, 1.82) is 0 Å². The number of hydrogen-bond donors (Lipinski definition) is 3. The second-order valence-corrected chi connectivity index (χ2v) is 7.05. The standard InChI is InChI=1S/C20H23N3/c1-2-4-15-14(3-1)5-6-18-19(15)16-7-10-22-13-17(16)20(23-18)8-11-21-12-9-20/h1-6,21-23H,7-13H2. The molecule has 0 saturated carbocycles. The van der Waals surface area contributed by atoms with Crippen LogP contribution in [0.3, 0.4) is 0 Å². The number of anilines is 1. The van der Waals surface area contributed by atoms with E-state index in [0.29, 0.717) is 0 Å². The Kier molecular flexibility index (Phi) is 3.00. The predicted octanol–water partition coefficient (Wildman–Crippen LogP) is 3.13. The van der Waals surface area contributed by atoms with Crippen molar-refractivity contribution < 1.29 is 0 Å². The molecule has 0 atom stereocenters. The molecule has 3 heteroatoms. The van der Waals surface area contributed by atoms with Crippen LogP contribution in [0.2, 0.25) is 0 Å². The van der Waals surface area contributed by atoms with Gasteiger partial charge in [-0.15, -0.1) is 0 Å². The third-order valence-electron chi connectivity index (χ3n) is 5.86. The van der Waals surface area contributed by atoms with Crippen molar-refractivity contribution >= 4 is 22.0 Å². The summed E-state index contributed by atoms with van der Waals surface area (Å²) in [5.41, 5.74) is 6.18. The minimum Gasteiger partial charge on any atom is -0.375 e. The summed E-state index contributed by atoms with van der Waals surface area (Å²) in [6.45, 7) is 4.33. The molecule has 3 aliphatic heterocycles. The largest absolute Gasteiger partial charge is 0.375 e. The summed E-state index contributed by atoms with van der Waals surface area (Å²) in [5.74, 6) is 0. The molecular formula is C20H23N3. The van der Waals surface area contributed by atoms with E-state index in [0.717, 1.165) is 32.6 Å². The SMILES string of the molecule is c1ccc2c3c(ccc2c1)NC1(CCNCC1)C1=C3CCNC1. The molecule has 1 fully saturated rings. The summed E-state index contributed by atoms with van der Waals surface area (Å²) in [4.78, 5) is 0. The number of piperidine rings is 1. The fourth-order valence-electron chi connectivity index (χ4n) is 4.73. The summed E-state index contributed by atoms with van der Waals surface area (Å²) >= 11 is 0. The van der Waals surface area contributed by atoms with Crippen molar-refractivity contribution in [2.45, 2.75) is 24.8 Å². The van der Waals surface area contributed by atoms with Gasteiger partial charge in [0.05, 0.1) is 5.54 Å². The van der Waals surface area contributed by atoms with Gasteiger partial charge in [-0.2, -0.15) is 0 Å². The Labute approximate surface area is 137 Å². The first-order valence-corrected chi connectivity index (χ1v) is 8.82. The Morgan fingerprint density at radius 2 is 1.74 bits per heavy atom. The van der Waals surface area contributed by atoms with Gasteiger partial charge in [-0.05, 0) is 66.9 Å². The van der Waals surface area contributed by atoms with Crippen molar-refractivity contribution in [2.75, 3.05) is 31.5 Å². The third-order valence-corrected chi connectivity index (χ3v) is 5.86. The van der Waals surface area contributed by atoms with Gasteiger partial charge in [0, 0.05) is 17.8 Å². The lowest BCUT2D eigenvalue weighted by atomic mass is 9.72. The van der Waals surface area contributed by atoms with Crippen LogP contribution in [-0.4, -0.2) is 31.7 Å². The van der Waals surface area contributed by atoms with Crippen molar-refractivity contribution in [1.82, 2.24) is 10.6 Å². The van der Waals surface area contributed by atoms with Gasteiger partial charge in [0.25, 0.3) is 0 Å². The minimum absolute atomic E-state index is 0.156. The summed E-state index contributed by atoms with van der Waals surface area (Å²) in [7, 11) is 0. The minimum atomic E-state index is 0.156. The summed E-state index contributed by atoms with van der Waals surface area (Å²) in [5, 5.41) is 13.9. The van der Waals surface area contributed by atoms with Gasteiger partial charge in [-0.3, -0.25) is 0 Å². The van der Waals surface area contributed by atoms with Gasteiger partial charge in [0.2, 0.25) is 0 Å².